The SMILES string of the molecule is CCCNC1CCCc2nc(-c3cn(C)nc3C)sc21. The molecular formula is C15H22N4S. The number of thiazole rings is 1. The Balaban J connectivity index is 1.93. The number of aromatic nitrogens is 3. The number of nitrogens with one attached hydrogen (secondary N) is 1. The van der Waals surface area contributed by atoms with Gasteiger partial charge in [-0.3, -0.25) is 4.68 Å². The first-order valence-electron chi connectivity index (χ1n) is 7.42. The minimum atomic E-state index is 0.502. The summed E-state index contributed by atoms with van der Waals surface area (Å²) >= 11 is 1.85. The molecular weight excluding hydrogens is 268 g/mol. The van der Waals surface area contributed by atoms with Crippen LogP contribution in [0.15, 0.2) is 6.20 Å². The summed E-state index contributed by atoms with van der Waals surface area (Å²) in [7, 11) is 1.97. The lowest BCUT2D eigenvalue weighted by Gasteiger charge is -2.22. The second-order valence-corrected chi connectivity index (χ2v) is 6.56. The molecule has 1 aliphatic rings. The van der Waals surface area contributed by atoms with Gasteiger partial charge < -0.3 is 5.32 Å². The summed E-state index contributed by atoms with van der Waals surface area (Å²) in [5.74, 6) is 0. The molecule has 0 aromatic carbocycles. The van der Waals surface area contributed by atoms with Crippen molar-refractivity contribution in [3.05, 3.63) is 22.5 Å². The molecule has 0 bridgehead atoms. The molecule has 0 aliphatic heterocycles. The van der Waals surface area contributed by atoms with Gasteiger partial charge in [0.15, 0.2) is 0 Å². The van der Waals surface area contributed by atoms with Crippen LogP contribution in [0.25, 0.3) is 10.6 Å². The number of hydrogen-bond donors (Lipinski definition) is 1. The minimum absolute atomic E-state index is 0.502. The molecule has 0 fully saturated rings. The summed E-state index contributed by atoms with van der Waals surface area (Å²) in [6.45, 7) is 5.36. The molecule has 0 saturated heterocycles. The fourth-order valence-electron chi connectivity index (χ4n) is 2.86. The van der Waals surface area contributed by atoms with E-state index in [1.165, 1.54) is 35.4 Å². The summed E-state index contributed by atoms with van der Waals surface area (Å²) in [5, 5.41) is 9.22. The standard InChI is InChI=1S/C15H22N4S/c1-4-8-16-12-6-5-7-13-14(12)20-15(17-13)11-9-19(3)18-10(11)2/h9,12,16H,4-8H2,1-3H3. The highest BCUT2D eigenvalue weighted by atomic mass is 32.1. The van der Waals surface area contributed by atoms with Crippen LogP contribution in [-0.4, -0.2) is 21.3 Å². The van der Waals surface area contributed by atoms with E-state index in [1.807, 2.05) is 23.1 Å². The normalized spacial score (nSPS) is 18.2. The summed E-state index contributed by atoms with van der Waals surface area (Å²) in [5.41, 5.74) is 3.55. The number of fused-ring (bicyclic) bond motifs is 1. The number of nitrogens with zero attached hydrogens (tertiary/aromatic N) is 3. The van der Waals surface area contributed by atoms with Crippen LogP contribution in [-0.2, 0) is 13.5 Å². The van der Waals surface area contributed by atoms with Gasteiger partial charge in [0.05, 0.1) is 17.0 Å². The van der Waals surface area contributed by atoms with Gasteiger partial charge in [-0.15, -0.1) is 11.3 Å². The molecule has 1 unspecified atom stereocenters. The number of rotatable bonds is 4. The maximum atomic E-state index is 4.88. The lowest BCUT2D eigenvalue weighted by Crippen LogP contribution is -2.24. The first kappa shape index (κ1) is 13.8. The van der Waals surface area contributed by atoms with Gasteiger partial charge >= 0.3 is 0 Å². The summed E-state index contributed by atoms with van der Waals surface area (Å²) in [6.07, 6.45) is 6.85. The molecule has 20 heavy (non-hydrogen) atoms. The average Bonchev–Trinajstić information content (AvgIpc) is 2.99. The van der Waals surface area contributed by atoms with Crippen LogP contribution in [0.2, 0.25) is 0 Å². The Morgan fingerprint density at radius 1 is 1.50 bits per heavy atom. The van der Waals surface area contributed by atoms with Crippen molar-refractivity contribution in [2.75, 3.05) is 6.54 Å². The van der Waals surface area contributed by atoms with Crippen LogP contribution in [0.3, 0.4) is 0 Å². The van der Waals surface area contributed by atoms with Crippen molar-refractivity contribution in [2.45, 2.75) is 45.6 Å². The summed E-state index contributed by atoms with van der Waals surface area (Å²) in [4.78, 5) is 6.33. The zero-order chi connectivity index (χ0) is 14.1. The van der Waals surface area contributed by atoms with Crippen molar-refractivity contribution in [1.82, 2.24) is 20.1 Å². The molecule has 5 heteroatoms. The van der Waals surface area contributed by atoms with Crippen molar-refractivity contribution in [2.24, 2.45) is 7.05 Å². The first-order chi connectivity index (χ1) is 9.69. The van der Waals surface area contributed by atoms with Gasteiger partial charge in [-0.25, -0.2) is 4.98 Å². The van der Waals surface area contributed by atoms with Crippen LogP contribution in [0.4, 0.5) is 0 Å². The minimum Gasteiger partial charge on any atom is -0.309 e. The molecule has 4 nitrogen and oxygen atoms in total. The highest BCUT2D eigenvalue weighted by Gasteiger charge is 2.25. The molecule has 0 saturated carbocycles. The van der Waals surface area contributed by atoms with Crippen LogP contribution in [0.5, 0.6) is 0 Å². The predicted octanol–water partition coefficient (Wildman–Crippen LogP) is 3.23. The smallest absolute Gasteiger partial charge is 0.127 e. The number of hydrogen-bond acceptors (Lipinski definition) is 4. The Labute approximate surface area is 124 Å². The van der Waals surface area contributed by atoms with Gasteiger partial charge in [-0.2, -0.15) is 5.10 Å². The van der Waals surface area contributed by atoms with E-state index in [2.05, 4.69) is 30.5 Å². The number of aryl methyl sites for hydroxylation is 3. The van der Waals surface area contributed by atoms with E-state index in [-0.39, 0.29) is 0 Å². The van der Waals surface area contributed by atoms with Gasteiger partial charge in [0.2, 0.25) is 0 Å². The van der Waals surface area contributed by atoms with Gasteiger partial charge in [-0.05, 0) is 39.2 Å². The fraction of sp³-hybridized carbons (Fsp3) is 0.600. The summed E-state index contributed by atoms with van der Waals surface area (Å²) < 4.78 is 1.87. The quantitative estimate of drug-likeness (QED) is 0.940. The first-order valence-corrected chi connectivity index (χ1v) is 8.24. The molecule has 2 aromatic heterocycles. The Morgan fingerprint density at radius 3 is 3.05 bits per heavy atom. The Bertz CT molecular complexity index is 599. The topological polar surface area (TPSA) is 42.7 Å². The molecule has 1 N–H and O–H groups in total. The van der Waals surface area contributed by atoms with Crippen LogP contribution in [0.1, 0.15) is 48.5 Å². The molecule has 3 rings (SSSR count). The average molecular weight is 290 g/mol. The molecule has 0 radical (unpaired) electrons. The van der Waals surface area contributed by atoms with E-state index >= 15 is 0 Å². The second kappa shape index (κ2) is 5.66. The Hall–Kier alpha value is -1.20. The van der Waals surface area contributed by atoms with E-state index < -0.39 is 0 Å². The monoisotopic (exact) mass is 290 g/mol. The zero-order valence-corrected chi connectivity index (χ0v) is 13.3. The highest BCUT2D eigenvalue weighted by Crippen LogP contribution is 2.38. The van der Waals surface area contributed by atoms with Crippen molar-refractivity contribution >= 4 is 11.3 Å². The van der Waals surface area contributed by atoms with Gasteiger partial charge in [0, 0.05) is 24.2 Å². The van der Waals surface area contributed by atoms with E-state index in [9.17, 15) is 0 Å². The molecule has 0 amide bonds. The summed E-state index contributed by atoms with van der Waals surface area (Å²) in [6, 6.07) is 0.502. The second-order valence-electron chi connectivity index (χ2n) is 5.53. The lowest BCUT2D eigenvalue weighted by molar-refractivity contribution is 0.465. The Morgan fingerprint density at radius 2 is 2.35 bits per heavy atom. The Kier molecular flexibility index (Phi) is 3.89. The van der Waals surface area contributed by atoms with Crippen molar-refractivity contribution in [3.8, 4) is 10.6 Å². The molecule has 1 atom stereocenters. The molecule has 0 spiro atoms. The maximum Gasteiger partial charge on any atom is 0.127 e. The third-order valence-corrected chi connectivity index (χ3v) is 5.08. The maximum absolute atomic E-state index is 4.88. The van der Waals surface area contributed by atoms with E-state index in [1.54, 1.807) is 0 Å². The van der Waals surface area contributed by atoms with E-state index in [0.29, 0.717) is 6.04 Å². The van der Waals surface area contributed by atoms with Crippen LogP contribution in [0, 0.1) is 6.92 Å². The van der Waals surface area contributed by atoms with E-state index in [0.717, 1.165) is 23.7 Å². The highest BCUT2D eigenvalue weighted by molar-refractivity contribution is 7.15. The lowest BCUT2D eigenvalue weighted by atomic mass is 9.98. The largest absolute Gasteiger partial charge is 0.309 e. The van der Waals surface area contributed by atoms with Crippen molar-refractivity contribution in [3.63, 3.8) is 0 Å². The van der Waals surface area contributed by atoms with Crippen molar-refractivity contribution in [1.29, 1.82) is 0 Å². The molecule has 2 aromatic rings. The third-order valence-electron chi connectivity index (χ3n) is 3.84. The van der Waals surface area contributed by atoms with Gasteiger partial charge in [0.1, 0.15) is 5.01 Å². The zero-order valence-electron chi connectivity index (χ0n) is 12.4. The van der Waals surface area contributed by atoms with Crippen LogP contribution < -0.4 is 5.32 Å². The molecule has 2 heterocycles. The molecule has 1 aliphatic carbocycles. The fourth-order valence-corrected chi connectivity index (χ4v) is 4.14. The van der Waals surface area contributed by atoms with Gasteiger partial charge in [0.25, 0.3) is 0 Å². The van der Waals surface area contributed by atoms with Crippen molar-refractivity contribution < 1.29 is 0 Å². The predicted molar refractivity (Wildman–Crippen MR) is 83.0 cm³/mol. The van der Waals surface area contributed by atoms with Gasteiger partial charge in [-0.1, -0.05) is 6.92 Å². The van der Waals surface area contributed by atoms with E-state index in [4.69, 9.17) is 4.98 Å². The molecule has 108 valence electrons. The third kappa shape index (κ3) is 2.52. The van der Waals surface area contributed by atoms with Crippen LogP contribution >= 0.6 is 11.3 Å².